The number of benzene rings is 1. The van der Waals surface area contributed by atoms with Crippen molar-refractivity contribution in [1.82, 2.24) is 9.97 Å². The standard InChI is InChI=1S/C18H17N3O5S/c1-11-4-6-15(17(19-11)21(22)23)26-9-13-10-27-18(20-13)12-5-7-14(24-2)16(8-12)25-3/h4-8,10H,9H2,1-3H3. The monoisotopic (exact) mass is 387 g/mol. The van der Waals surface area contributed by atoms with Crippen LogP contribution < -0.4 is 14.2 Å². The fourth-order valence-corrected chi connectivity index (χ4v) is 3.20. The van der Waals surface area contributed by atoms with Gasteiger partial charge >= 0.3 is 5.82 Å². The summed E-state index contributed by atoms with van der Waals surface area (Å²) in [6.45, 7) is 1.79. The van der Waals surface area contributed by atoms with Gasteiger partial charge in [0.25, 0.3) is 0 Å². The second-order valence-electron chi connectivity index (χ2n) is 5.53. The van der Waals surface area contributed by atoms with E-state index < -0.39 is 4.92 Å². The minimum Gasteiger partial charge on any atom is -0.493 e. The van der Waals surface area contributed by atoms with E-state index in [-0.39, 0.29) is 18.2 Å². The number of nitro groups is 1. The van der Waals surface area contributed by atoms with E-state index in [4.69, 9.17) is 14.2 Å². The van der Waals surface area contributed by atoms with Crippen molar-refractivity contribution >= 4 is 17.2 Å². The van der Waals surface area contributed by atoms with Crippen LogP contribution >= 0.6 is 11.3 Å². The van der Waals surface area contributed by atoms with Gasteiger partial charge in [0.1, 0.15) is 17.3 Å². The van der Waals surface area contributed by atoms with E-state index in [2.05, 4.69) is 9.97 Å². The van der Waals surface area contributed by atoms with Crippen LogP contribution in [-0.2, 0) is 6.61 Å². The summed E-state index contributed by atoms with van der Waals surface area (Å²) >= 11 is 1.45. The number of ether oxygens (including phenoxy) is 3. The number of pyridine rings is 1. The van der Waals surface area contributed by atoms with Gasteiger partial charge in [-0.2, -0.15) is 0 Å². The molecule has 0 aliphatic rings. The number of nitrogens with zero attached hydrogens (tertiary/aromatic N) is 3. The predicted molar refractivity (Wildman–Crippen MR) is 101 cm³/mol. The van der Waals surface area contributed by atoms with Gasteiger partial charge in [-0.3, -0.25) is 0 Å². The van der Waals surface area contributed by atoms with Gasteiger partial charge in [-0.1, -0.05) is 0 Å². The number of methoxy groups -OCH3 is 2. The van der Waals surface area contributed by atoms with Crippen LogP contribution in [0.4, 0.5) is 5.82 Å². The lowest BCUT2D eigenvalue weighted by Gasteiger charge is -2.08. The second kappa shape index (κ2) is 8.00. The van der Waals surface area contributed by atoms with E-state index in [0.717, 1.165) is 10.6 Å². The summed E-state index contributed by atoms with van der Waals surface area (Å²) in [4.78, 5) is 19.0. The molecule has 0 aliphatic carbocycles. The molecule has 3 aromatic rings. The Morgan fingerprint density at radius 1 is 1.07 bits per heavy atom. The topological polar surface area (TPSA) is 96.6 Å². The summed E-state index contributed by atoms with van der Waals surface area (Å²) in [6.07, 6.45) is 0. The van der Waals surface area contributed by atoms with Crippen molar-refractivity contribution in [2.24, 2.45) is 0 Å². The smallest absolute Gasteiger partial charge is 0.406 e. The Labute approximate surface area is 159 Å². The second-order valence-corrected chi connectivity index (χ2v) is 6.39. The molecule has 0 saturated heterocycles. The van der Waals surface area contributed by atoms with E-state index in [9.17, 15) is 10.1 Å². The van der Waals surface area contributed by atoms with Gasteiger partial charge in [-0.15, -0.1) is 11.3 Å². The maximum Gasteiger partial charge on any atom is 0.406 e. The lowest BCUT2D eigenvalue weighted by molar-refractivity contribution is -0.390. The molecule has 0 atom stereocenters. The van der Waals surface area contributed by atoms with Crippen molar-refractivity contribution in [3.05, 3.63) is 57.2 Å². The quantitative estimate of drug-likeness (QED) is 0.446. The highest BCUT2D eigenvalue weighted by Crippen LogP contribution is 2.34. The Balaban J connectivity index is 1.77. The van der Waals surface area contributed by atoms with Crippen LogP contribution in [-0.4, -0.2) is 29.1 Å². The SMILES string of the molecule is COc1ccc(-c2nc(COc3ccc(C)nc3[N+](=O)[O-])cs2)cc1OC. The third-order valence-electron chi connectivity index (χ3n) is 3.71. The normalized spacial score (nSPS) is 10.5. The molecule has 2 heterocycles. The highest BCUT2D eigenvalue weighted by Gasteiger charge is 2.18. The number of aromatic nitrogens is 2. The molecule has 0 fully saturated rings. The number of thiazole rings is 1. The van der Waals surface area contributed by atoms with Gasteiger partial charge in [-0.05, 0) is 40.2 Å². The molecule has 0 radical (unpaired) electrons. The molecule has 27 heavy (non-hydrogen) atoms. The lowest BCUT2D eigenvalue weighted by Crippen LogP contribution is -2.02. The molecule has 0 bridgehead atoms. The third-order valence-corrected chi connectivity index (χ3v) is 4.65. The first kappa shape index (κ1) is 18.6. The van der Waals surface area contributed by atoms with E-state index in [1.54, 1.807) is 33.3 Å². The molecule has 0 N–H and O–H groups in total. The first-order valence-corrected chi connectivity index (χ1v) is 8.81. The molecule has 1 aromatic carbocycles. The maximum absolute atomic E-state index is 11.1. The Bertz CT molecular complexity index is 973. The van der Waals surface area contributed by atoms with Gasteiger partial charge in [0, 0.05) is 17.9 Å². The fourth-order valence-electron chi connectivity index (χ4n) is 2.40. The summed E-state index contributed by atoms with van der Waals surface area (Å²) < 4.78 is 16.1. The van der Waals surface area contributed by atoms with Crippen LogP contribution in [0.25, 0.3) is 10.6 Å². The summed E-state index contributed by atoms with van der Waals surface area (Å²) in [5.74, 6) is 1.07. The Morgan fingerprint density at radius 2 is 1.81 bits per heavy atom. The average molecular weight is 387 g/mol. The first-order valence-electron chi connectivity index (χ1n) is 7.93. The van der Waals surface area contributed by atoms with Crippen LogP contribution in [0.3, 0.4) is 0 Å². The van der Waals surface area contributed by atoms with Crippen molar-refractivity contribution in [3.8, 4) is 27.8 Å². The van der Waals surface area contributed by atoms with Crippen molar-refractivity contribution in [2.45, 2.75) is 13.5 Å². The van der Waals surface area contributed by atoms with Crippen LogP contribution in [0.2, 0.25) is 0 Å². The summed E-state index contributed by atoms with van der Waals surface area (Å²) in [5.41, 5.74) is 2.10. The highest BCUT2D eigenvalue weighted by molar-refractivity contribution is 7.13. The number of aryl methyl sites for hydroxylation is 1. The third kappa shape index (κ3) is 4.14. The van der Waals surface area contributed by atoms with Crippen molar-refractivity contribution in [1.29, 1.82) is 0 Å². The zero-order chi connectivity index (χ0) is 19.4. The van der Waals surface area contributed by atoms with Gasteiger partial charge in [0.15, 0.2) is 11.5 Å². The Morgan fingerprint density at radius 3 is 2.52 bits per heavy atom. The Hall–Kier alpha value is -3.20. The fraction of sp³-hybridized carbons (Fsp3) is 0.222. The van der Waals surface area contributed by atoms with Crippen LogP contribution in [0.15, 0.2) is 35.7 Å². The van der Waals surface area contributed by atoms with Crippen molar-refractivity contribution in [2.75, 3.05) is 14.2 Å². The van der Waals surface area contributed by atoms with Crippen LogP contribution in [0, 0.1) is 17.0 Å². The van der Waals surface area contributed by atoms with Crippen LogP contribution in [0.5, 0.6) is 17.2 Å². The molecule has 0 aliphatic heterocycles. The highest BCUT2D eigenvalue weighted by atomic mass is 32.1. The van der Waals surface area contributed by atoms with Crippen molar-refractivity contribution < 1.29 is 19.1 Å². The van der Waals surface area contributed by atoms with E-state index in [0.29, 0.717) is 22.9 Å². The molecule has 2 aromatic heterocycles. The first-order chi connectivity index (χ1) is 13.0. The lowest BCUT2D eigenvalue weighted by atomic mass is 10.2. The molecule has 0 unspecified atom stereocenters. The minimum absolute atomic E-state index is 0.107. The number of hydrogen-bond donors (Lipinski definition) is 0. The summed E-state index contributed by atoms with van der Waals surface area (Å²) in [7, 11) is 3.15. The average Bonchev–Trinajstić information content (AvgIpc) is 3.15. The molecule has 8 nitrogen and oxygen atoms in total. The molecule has 3 rings (SSSR count). The molecule has 0 amide bonds. The van der Waals surface area contributed by atoms with Gasteiger partial charge in [0.05, 0.1) is 19.9 Å². The maximum atomic E-state index is 11.1. The van der Waals surface area contributed by atoms with Crippen molar-refractivity contribution in [3.63, 3.8) is 0 Å². The zero-order valence-corrected chi connectivity index (χ0v) is 15.8. The molecule has 0 saturated carbocycles. The zero-order valence-electron chi connectivity index (χ0n) is 15.0. The molecular formula is C18H17N3O5S. The largest absolute Gasteiger partial charge is 0.493 e. The van der Waals surface area contributed by atoms with Gasteiger partial charge in [-0.25, -0.2) is 4.98 Å². The Kier molecular flexibility index (Phi) is 5.51. The number of hydrogen-bond acceptors (Lipinski definition) is 8. The summed E-state index contributed by atoms with van der Waals surface area (Å²) in [5, 5.41) is 13.7. The van der Waals surface area contributed by atoms with Crippen LogP contribution in [0.1, 0.15) is 11.4 Å². The van der Waals surface area contributed by atoms with Gasteiger partial charge in [0.2, 0.25) is 5.75 Å². The number of rotatable bonds is 7. The van der Waals surface area contributed by atoms with E-state index >= 15 is 0 Å². The van der Waals surface area contributed by atoms with E-state index in [1.165, 1.54) is 11.3 Å². The molecule has 9 heteroatoms. The summed E-state index contributed by atoms with van der Waals surface area (Å²) in [6, 6.07) is 8.75. The molecular weight excluding hydrogens is 370 g/mol. The molecule has 140 valence electrons. The predicted octanol–water partition coefficient (Wildman–Crippen LogP) is 4.02. The van der Waals surface area contributed by atoms with Gasteiger partial charge < -0.3 is 24.3 Å². The minimum atomic E-state index is -0.557. The molecule has 0 spiro atoms. The van der Waals surface area contributed by atoms with E-state index in [1.807, 2.05) is 23.6 Å².